The van der Waals surface area contributed by atoms with Gasteiger partial charge < -0.3 is 19.9 Å². The summed E-state index contributed by atoms with van der Waals surface area (Å²) in [5, 5.41) is 15.0. The van der Waals surface area contributed by atoms with Gasteiger partial charge in [-0.1, -0.05) is 11.6 Å². The molecule has 2 aromatic carbocycles. The third kappa shape index (κ3) is 6.38. The molecule has 208 valence electrons. The van der Waals surface area contributed by atoms with Crippen LogP contribution in [0.2, 0.25) is 5.02 Å². The van der Waals surface area contributed by atoms with Gasteiger partial charge in [-0.3, -0.25) is 4.79 Å². The molecule has 1 aliphatic heterocycles. The molecule has 0 radical (unpaired) electrons. The van der Waals surface area contributed by atoms with Gasteiger partial charge in [0.05, 0.1) is 29.6 Å². The second kappa shape index (κ2) is 11.4. The largest absolute Gasteiger partial charge is 0.493 e. The normalized spacial score (nSPS) is 19.8. The zero-order valence-corrected chi connectivity index (χ0v) is 23.8. The maximum Gasteiger partial charge on any atom is 0.163 e. The van der Waals surface area contributed by atoms with E-state index in [0.717, 1.165) is 31.4 Å². The minimum Gasteiger partial charge on any atom is -0.493 e. The SMILES string of the molecule is COc1cc(C(=O)CCC(C)(O)c2cc([C@@]3(C)CCN3)cc(-c3ccc(F)c(Cl)c3)n2)ccc1OC1CC1.Cl. The Kier molecular flexibility index (Phi) is 8.57. The number of aromatic nitrogens is 1. The van der Waals surface area contributed by atoms with Crippen LogP contribution in [0.5, 0.6) is 11.5 Å². The predicted molar refractivity (Wildman–Crippen MR) is 152 cm³/mol. The number of nitrogens with zero attached hydrogens (tertiary/aromatic N) is 1. The summed E-state index contributed by atoms with van der Waals surface area (Å²) in [6, 6.07) is 13.5. The number of methoxy groups -OCH3 is 1. The van der Waals surface area contributed by atoms with E-state index >= 15 is 0 Å². The zero-order chi connectivity index (χ0) is 27.1. The lowest BCUT2D eigenvalue weighted by Gasteiger charge is -2.41. The van der Waals surface area contributed by atoms with Crippen LogP contribution in [0.3, 0.4) is 0 Å². The van der Waals surface area contributed by atoms with Crippen LogP contribution in [0, 0.1) is 5.82 Å². The highest BCUT2D eigenvalue weighted by molar-refractivity contribution is 6.31. The van der Waals surface area contributed by atoms with Gasteiger partial charge in [0, 0.05) is 23.1 Å². The second-order valence-corrected chi connectivity index (χ2v) is 11.1. The zero-order valence-electron chi connectivity index (χ0n) is 22.2. The van der Waals surface area contributed by atoms with Crippen molar-refractivity contribution in [1.82, 2.24) is 10.3 Å². The predicted octanol–water partition coefficient (Wildman–Crippen LogP) is 6.59. The first-order chi connectivity index (χ1) is 18.1. The highest BCUT2D eigenvalue weighted by atomic mass is 35.5. The summed E-state index contributed by atoms with van der Waals surface area (Å²) in [7, 11) is 1.55. The van der Waals surface area contributed by atoms with Crippen molar-refractivity contribution in [2.75, 3.05) is 13.7 Å². The van der Waals surface area contributed by atoms with Crippen LogP contribution in [0.15, 0.2) is 48.5 Å². The third-order valence-electron chi connectivity index (χ3n) is 7.51. The number of rotatable bonds is 10. The highest BCUT2D eigenvalue weighted by Crippen LogP contribution is 2.38. The van der Waals surface area contributed by atoms with Crippen molar-refractivity contribution in [3.63, 3.8) is 0 Å². The lowest BCUT2D eigenvalue weighted by molar-refractivity contribution is 0.0395. The number of ether oxygens (including phenoxy) is 2. The third-order valence-corrected chi connectivity index (χ3v) is 7.80. The summed E-state index contributed by atoms with van der Waals surface area (Å²) in [5.41, 5.74) is 1.49. The number of ketones is 1. The van der Waals surface area contributed by atoms with Gasteiger partial charge in [0.2, 0.25) is 0 Å². The number of hydrogen-bond acceptors (Lipinski definition) is 6. The number of Topliss-reactive ketones (excluding diaryl/α,β-unsaturated/α-hetero) is 1. The number of aliphatic hydroxyl groups is 1. The molecule has 9 heteroatoms. The molecule has 2 N–H and O–H groups in total. The van der Waals surface area contributed by atoms with Gasteiger partial charge in [0.1, 0.15) is 11.4 Å². The van der Waals surface area contributed by atoms with Crippen LogP contribution in [-0.4, -0.2) is 35.6 Å². The number of carbonyl (C=O) groups is 1. The molecule has 1 aromatic heterocycles. The van der Waals surface area contributed by atoms with Crippen molar-refractivity contribution in [3.8, 4) is 22.8 Å². The van der Waals surface area contributed by atoms with Crippen LogP contribution >= 0.6 is 24.0 Å². The molecule has 1 saturated carbocycles. The van der Waals surface area contributed by atoms with E-state index in [1.54, 1.807) is 38.3 Å². The number of pyridine rings is 1. The van der Waals surface area contributed by atoms with Crippen molar-refractivity contribution in [2.45, 2.75) is 63.2 Å². The smallest absolute Gasteiger partial charge is 0.163 e. The first-order valence-corrected chi connectivity index (χ1v) is 13.3. The Bertz CT molecular complexity index is 1370. The Labute approximate surface area is 239 Å². The number of benzene rings is 2. The maximum atomic E-state index is 13.8. The van der Waals surface area contributed by atoms with Crippen LogP contribution in [-0.2, 0) is 11.1 Å². The Hall–Kier alpha value is -2.71. The van der Waals surface area contributed by atoms with Crippen molar-refractivity contribution >= 4 is 29.8 Å². The summed E-state index contributed by atoms with van der Waals surface area (Å²) < 4.78 is 25.1. The van der Waals surface area contributed by atoms with E-state index < -0.39 is 11.4 Å². The molecule has 2 heterocycles. The standard InChI is InChI=1S/C30H32ClFN2O4.ClH/c1-29(12-13-33-29)20-16-24(18-4-8-23(32)22(31)14-18)34-28(17-20)30(2,36)11-10-25(35)19-5-9-26(27(15-19)37-3)38-21-6-7-21;/h4-5,8-9,14-17,21,33,36H,6-7,10-13H2,1-3H3;1H/t29-,30?;/m1./s1. The van der Waals surface area contributed by atoms with Gasteiger partial charge in [0.15, 0.2) is 17.3 Å². The van der Waals surface area contributed by atoms with E-state index in [1.165, 1.54) is 12.1 Å². The molecular formula is C30H33Cl2FN2O4. The molecule has 0 bridgehead atoms. The van der Waals surface area contributed by atoms with E-state index in [2.05, 4.69) is 12.2 Å². The lowest BCUT2D eigenvalue weighted by Crippen LogP contribution is -2.51. The number of carbonyl (C=O) groups excluding carboxylic acids is 1. The topological polar surface area (TPSA) is 80.7 Å². The monoisotopic (exact) mass is 574 g/mol. The molecule has 0 amide bonds. The van der Waals surface area contributed by atoms with Crippen molar-refractivity contribution in [3.05, 3.63) is 76.2 Å². The Morgan fingerprint density at radius 1 is 1.21 bits per heavy atom. The molecule has 39 heavy (non-hydrogen) atoms. The minimum atomic E-state index is -1.39. The Morgan fingerprint density at radius 2 is 1.95 bits per heavy atom. The second-order valence-electron chi connectivity index (χ2n) is 10.6. The molecule has 6 nitrogen and oxygen atoms in total. The summed E-state index contributed by atoms with van der Waals surface area (Å²) >= 11 is 6.04. The fraction of sp³-hybridized carbons (Fsp3) is 0.400. The molecular weight excluding hydrogens is 542 g/mol. The minimum absolute atomic E-state index is 0. The van der Waals surface area contributed by atoms with Gasteiger partial charge in [-0.25, -0.2) is 9.37 Å². The van der Waals surface area contributed by atoms with Crippen LogP contribution in [0.25, 0.3) is 11.3 Å². The highest BCUT2D eigenvalue weighted by Gasteiger charge is 2.36. The molecule has 0 spiro atoms. The average molecular weight is 576 g/mol. The maximum absolute atomic E-state index is 13.8. The number of halogens is 3. The van der Waals surface area contributed by atoms with Crippen LogP contribution < -0.4 is 14.8 Å². The molecule has 2 fully saturated rings. The van der Waals surface area contributed by atoms with Crippen molar-refractivity contribution < 1.29 is 23.8 Å². The average Bonchev–Trinajstić information content (AvgIpc) is 3.71. The van der Waals surface area contributed by atoms with Gasteiger partial charge in [-0.05, 0) is 100 Å². The van der Waals surface area contributed by atoms with Gasteiger partial charge in [-0.2, -0.15) is 0 Å². The first-order valence-electron chi connectivity index (χ1n) is 12.9. The van der Waals surface area contributed by atoms with Crippen molar-refractivity contribution in [2.24, 2.45) is 0 Å². The first kappa shape index (κ1) is 29.3. The molecule has 5 rings (SSSR count). The van der Waals surface area contributed by atoms with E-state index in [4.69, 9.17) is 26.1 Å². The van der Waals surface area contributed by atoms with E-state index in [-0.39, 0.29) is 47.7 Å². The van der Waals surface area contributed by atoms with Crippen LogP contribution in [0.1, 0.15) is 67.6 Å². The molecule has 1 unspecified atom stereocenters. The Balaban J connectivity index is 0.00000353. The lowest BCUT2D eigenvalue weighted by atomic mass is 9.81. The Morgan fingerprint density at radius 3 is 2.56 bits per heavy atom. The fourth-order valence-corrected chi connectivity index (χ4v) is 4.79. The molecule has 2 atom stereocenters. The van der Waals surface area contributed by atoms with Crippen molar-refractivity contribution in [1.29, 1.82) is 0 Å². The number of nitrogens with one attached hydrogen (secondary N) is 1. The molecule has 3 aromatic rings. The van der Waals surface area contributed by atoms with Gasteiger partial charge >= 0.3 is 0 Å². The fourth-order valence-electron chi connectivity index (χ4n) is 4.61. The quantitative estimate of drug-likeness (QED) is 0.266. The van der Waals surface area contributed by atoms with Gasteiger partial charge in [0.25, 0.3) is 0 Å². The summed E-state index contributed by atoms with van der Waals surface area (Å²) in [5.74, 6) is 0.531. The van der Waals surface area contributed by atoms with Crippen LogP contribution in [0.4, 0.5) is 4.39 Å². The molecule has 1 saturated heterocycles. The van der Waals surface area contributed by atoms with Gasteiger partial charge in [-0.15, -0.1) is 12.4 Å². The van der Waals surface area contributed by atoms with E-state index in [0.29, 0.717) is 34.0 Å². The number of hydrogen-bond donors (Lipinski definition) is 2. The summed E-state index contributed by atoms with van der Waals surface area (Å²) in [4.78, 5) is 17.8. The summed E-state index contributed by atoms with van der Waals surface area (Å²) in [6.45, 7) is 4.65. The van der Waals surface area contributed by atoms with E-state index in [1.807, 2.05) is 12.1 Å². The van der Waals surface area contributed by atoms with E-state index in [9.17, 15) is 14.3 Å². The molecule has 2 aliphatic rings. The summed E-state index contributed by atoms with van der Waals surface area (Å²) in [6.07, 6.45) is 3.48. The molecule has 1 aliphatic carbocycles.